The van der Waals surface area contributed by atoms with Crippen molar-refractivity contribution in [1.82, 2.24) is 19.8 Å². The van der Waals surface area contributed by atoms with Crippen LogP contribution < -0.4 is 0 Å². The Morgan fingerprint density at radius 1 is 1.06 bits per heavy atom. The maximum Gasteiger partial charge on any atom is 0.254 e. The van der Waals surface area contributed by atoms with Gasteiger partial charge in [-0.15, -0.1) is 11.3 Å². The second kappa shape index (κ2) is 9.77. The molecule has 32 heavy (non-hydrogen) atoms. The quantitative estimate of drug-likeness (QED) is 0.718. The Balaban J connectivity index is 1.15. The molecular weight excluding hydrogens is 420 g/mol. The number of amides is 2. The van der Waals surface area contributed by atoms with Gasteiger partial charge in [0.05, 0.1) is 11.9 Å². The average Bonchev–Trinajstić information content (AvgIpc) is 3.54. The molecule has 6 nitrogen and oxygen atoms in total. The Hall–Kier alpha value is -2.15. The molecule has 0 bridgehead atoms. The zero-order valence-electron chi connectivity index (χ0n) is 18.8. The van der Waals surface area contributed by atoms with E-state index in [1.807, 2.05) is 4.90 Å². The van der Waals surface area contributed by atoms with Crippen LogP contribution in [0, 0.1) is 5.92 Å². The number of H-pyrrole nitrogens is 1. The van der Waals surface area contributed by atoms with Crippen LogP contribution >= 0.6 is 11.3 Å². The Bertz CT molecular complexity index is 914. The maximum absolute atomic E-state index is 13.3. The third-order valence-corrected chi connectivity index (χ3v) is 8.88. The number of fused-ring (bicyclic) bond motifs is 1. The molecule has 2 aliphatic heterocycles. The van der Waals surface area contributed by atoms with E-state index in [0.29, 0.717) is 24.8 Å². The Labute approximate surface area is 194 Å². The van der Waals surface area contributed by atoms with Crippen LogP contribution in [0.2, 0.25) is 0 Å². The highest BCUT2D eigenvalue weighted by atomic mass is 32.1. The zero-order chi connectivity index (χ0) is 21.9. The second-order valence-corrected chi connectivity index (χ2v) is 10.7. The first kappa shape index (κ1) is 21.7. The minimum atomic E-state index is 0.229. The first-order valence-electron chi connectivity index (χ1n) is 12.3. The first-order valence-corrected chi connectivity index (χ1v) is 13.2. The van der Waals surface area contributed by atoms with E-state index in [4.69, 9.17) is 0 Å². The Kier molecular flexibility index (Phi) is 6.62. The number of aromatic nitrogens is 2. The van der Waals surface area contributed by atoms with Gasteiger partial charge in [0.15, 0.2) is 0 Å². The highest BCUT2D eigenvalue weighted by Gasteiger charge is 2.36. The van der Waals surface area contributed by atoms with Gasteiger partial charge < -0.3 is 14.8 Å². The van der Waals surface area contributed by atoms with E-state index < -0.39 is 0 Å². The van der Waals surface area contributed by atoms with Gasteiger partial charge in [0, 0.05) is 54.2 Å². The van der Waals surface area contributed by atoms with E-state index in [9.17, 15) is 9.59 Å². The molecule has 1 aliphatic carbocycles. The van der Waals surface area contributed by atoms with Crippen molar-refractivity contribution in [2.75, 3.05) is 19.6 Å². The molecule has 2 atom stereocenters. The molecule has 3 aliphatic rings. The molecule has 2 amide bonds. The highest BCUT2D eigenvalue weighted by molar-refractivity contribution is 7.10. The largest absolute Gasteiger partial charge is 0.348 e. The van der Waals surface area contributed by atoms with Crippen LogP contribution in [0.3, 0.4) is 0 Å². The van der Waals surface area contributed by atoms with Crippen LogP contribution in [-0.4, -0.2) is 57.3 Å². The van der Waals surface area contributed by atoms with Gasteiger partial charge in [-0.1, -0.05) is 12.8 Å². The van der Waals surface area contributed by atoms with Crippen LogP contribution in [0.5, 0.6) is 0 Å². The van der Waals surface area contributed by atoms with Gasteiger partial charge in [0.1, 0.15) is 0 Å². The summed E-state index contributed by atoms with van der Waals surface area (Å²) in [6.07, 6.45) is 14.2. The lowest BCUT2D eigenvalue weighted by molar-refractivity contribution is -0.132. The van der Waals surface area contributed by atoms with Crippen molar-refractivity contribution in [1.29, 1.82) is 0 Å². The number of imidazole rings is 1. The summed E-state index contributed by atoms with van der Waals surface area (Å²) < 4.78 is 0. The molecule has 2 aromatic heterocycles. The van der Waals surface area contributed by atoms with Gasteiger partial charge in [0.2, 0.25) is 5.91 Å². The molecule has 2 aromatic rings. The van der Waals surface area contributed by atoms with E-state index in [0.717, 1.165) is 56.1 Å². The zero-order valence-corrected chi connectivity index (χ0v) is 19.6. The van der Waals surface area contributed by atoms with Gasteiger partial charge in [-0.3, -0.25) is 9.59 Å². The summed E-state index contributed by atoms with van der Waals surface area (Å²) in [6, 6.07) is 2.61. The number of nitrogens with one attached hydrogen (secondary N) is 1. The van der Waals surface area contributed by atoms with Crippen molar-refractivity contribution in [3.8, 4) is 0 Å². The van der Waals surface area contributed by atoms with Gasteiger partial charge in [-0.25, -0.2) is 4.98 Å². The number of nitrogens with zero attached hydrogens (tertiary/aromatic N) is 3. The minimum absolute atomic E-state index is 0.229. The minimum Gasteiger partial charge on any atom is -0.348 e. The van der Waals surface area contributed by atoms with Crippen LogP contribution in [-0.2, 0) is 11.2 Å². The van der Waals surface area contributed by atoms with Crippen molar-refractivity contribution in [3.63, 3.8) is 0 Å². The number of aromatic amines is 1. The maximum atomic E-state index is 13.3. The lowest BCUT2D eigenvalue weighted by Crippen LogP contribution is -2.49. The lowest BCUT2D eigenvalue weighted by atomic mass is 9.78. The summed E-state index contributed by atoms with van der Waals surface area (Å²) in [5.74, 6) is 1.65. The molecule has 0 radical (unpaired) electrons. The molecule has 3 fully saturated rings. The number of piperidine rings is 2. The molecule has 1 saturated carbocycles. The molecule has 5 rings (SSSR count). The number of rotatable bonds is 5. The standard InChI is InChI=1S/C25H34N4O2S/c30-24(8-7-21-15-26-17-27-21)28-12-9-19(10-13-28)23-14-20(16-32-23)25(31)29-11-3-5-18-4-1-2-6-22(18)29/h14-19,22H,1-13H2,(H,26,27). The predicted molar refractivity (Wildman–Crippen MR) is 126 cm³/mol. The number of carbonyl (C=O) groups is 2. The summed E-state index contributed by atoms with van der Waals surface area (Å²) in [7, 11) is 0. The van der Waals surface area contributed by atoms with Crippen molar-refractivity contribution in [3.05, 3.63) is 40.1 Å². The van der Waals surface area contributed by atoms with E-state index in [-0.39, 0.29) is 11.8 Å². The van der Waals surface area contributed by atoms with E-state index in [2.05, 4.69) is 26.3 Å². The summed E-state index contributed by atoms with van der Waals surface area (Å²) in [5, 5.41) is 2.08. The van der Waals surface area contributed by atoms with Gasteiger partial charge in [-0.05, 0) is 62.8 Å². The van der Waals surface area contributed by atoms with Crippen molar-refractivity contribution in [2.45, 2.75) is 76.2 Å². The topological polar surface area (TPSA) is 69.3 Å². The van der Waals surface area contributed by atoms with Crippen LogP contribution in [0.1, 0.15) is 84.6 Å². The number of thiophene rings is 1. The second-order valence-electron chi connectivity index (χ2n) is 9.72. The number of hydrogen-bond donors (Lipinski definition) is 1. The van der Waals surface area contributed by atoms with Gasteiger partial charge >= 0.3 is 0 Å². The summed E-state index contributed by atoms with van der Waals surface area (Å²) in [6.45, 7) is 2.54. The molecule has 1 N–H and O–H groups in total. The smallest absolute Gasteiger partial charge is 0.254 e. The monoisotopic (exact) mass is 454 g/mol. The van der Waals surface area contributed by atoms with E-state index in [1.54, 1.807) is 23.9 Å². The fourth-order valence-corrected chi connectivity index (χ4v) is 7.01. The number of hydrogen-bond acceptors (Lipinski definition) is 4. The molecule has 0 spiro atoms. The predicted octanol–water partition coefficient (Wildman–Crippen LogP) is 4.60. The summed E-state index contributed by atoms with van der Waals surface area (Å²) in [5.41, 5.74) is 1.89. The number of carbonyl (C=O) groups excluding carboxylic acids is 2. The number of likely N-dealkylation sites (tertiary alicyclic amines) is 2. The average molecular weight is 455 g/mol. The lowest BCUT2D eigenvalue weighted by Gasteiger charge is -2.44. The van der Waals surface area contributed by atoms with Gasteiger partial charge in [-0.2, -0.15) is 0 Å². The fraction of sp³-hybridized carbons (Fsp3) is 0.640. The Morgan fingerprint density at radius 3 is 2.69 bits per heavy atom. The molecular formula is C25H34N4O2S. The molecule has 172 valence electrons. The first-order chi connectivity index (χ1) is 15.7. The van der Waals surface area contributed by atoms with Crippen LogP contribution in [0.4, 0.5) is 0 Å². The van der Waals surface area contributed by atoms with Crippen LogP contribution in [0.25, 0.3) is 0 Å². The normalized spacial score (nSPS) is 24.4. The summed E-state index contributed by atoms with van der Waals surface area (Å²) in [4.78, 5) is 38.5. The van der Waals surface area contributed by atoms with Crippen molar-refractivity contribution >= 4 is 23.2 Å². The molecule has 0 aromatic carbocycles. The van der Waals surface area contributed by atoms with Crippen LogP contribution in [0.15, 0.2) is 24.0 Å². The van der Waals surface area contributed by atoms with Crippen molar-refractivity contribution in [2.24, 2.45) is 5.92 Å². The molecule has 2 saturated heterocycles. The molecule has 7 heteroatoms. The third kappa shape index (κ3) is 4.63. The van der Waals surface area contributed by atoms with Crippen molar-refractivity contribution < 1.29 is 9.59 Å². The van der Waals surface area contributed by atoms with E-state index >= 15 is 0 Å². The Morgan fingerprint density at radius 2 is 1.88 bits per heavy atom. The fourth-order valence-electron chi connectivity index (χ4n) is 5.96. The number of aryl methyl sites for hydroxylation is 1. The third-order valence-electron chi connectivity index (χ3n) is 7.78. The molecule has 2 unspecified atom stereocenters. The highest BCUT2D eigenvalue weighted by Crippen LogP contribution is 2.37. The molecule has 4 heterocycles. The van der Waals surface area contributed by atoms with E-state index in [1.165, 1.54) is 37.0 Å². The SMILES string of the molecule is O=C(CCc1cnc[nH]1)N1CCC(c2cc(C(=O)N3CCCC4CCCCC43)cs2)CC1. The van der Waals surface area contributed by atoms with Gasteiger partial charge in [0.25, 0.3) is 5.91 Å². The summed E-state index contributed by atoms with van der Waals surface area (Å²) >= 11 is 1.73.